The van der Waals surface area contributed by atoms with Crippen molar-refractivity contribution in [2.75, 3.05) is 0 Å². The molecule has 98 valence electrons. The average Bonchev–Trinajstić information content (AvgIpc) is 2.36. The molecule has 0 aromatic heterocycles. The standard InChI is InChI=1S/C16H15FOS/c1-11-6-12(2)8-13(7-11)10-19-16-14(9-18)4-3-5-15(16)17/h3-9H,10H2,1-2H3. The first-order valence-electron chi connectivity index (χ1n) is 6.04. The predicted molar refractivity (Wildman–Crippen MR) is 77.3 cm³/mol. The Labute approximate surface area is 116 Å². The smallest absolute Gasteiger partial charge is 0.151 e. The van der Waals surface area contributed by atoms with Gasteiger partial charge in [-0.15, -0.1) is 11.8 Å². The van der Waals surface area contributed by atoms with Gasteiger partial charge in [0.05, 0.1) is 4.90 Å². The zero-order valence-electron chi connectivity index (χ0n) is 10.9. The predicted octanol–water partition coefficient (Wildman–Crippen LogP) is 4.55. The van der Waals surface area contributed by atoms with Gasteiger partial charge in [0.1, 0.15) is 5.82 Å². The Balaban J connectivity index is 2.21. The van der Waals surface area contributed by atoms with Crippen LogP contribution < -0.4 is 0 Å². The molecule has 2 aromatic carbocycles. The van der Waals surface area contributed by atoms with Crippen molar-refractivity contribution < 1.29 is 9.18 Å². The minimum Gasteiger partial charge on any atom is -0.298 e. The highest BCUT2D eigenvalue weighted by atomic mass is 32.2. The summed E-state index contributed by atoms with van der Waals surface area (Å²) in [7, 11) is 0. The molecule has 0 aliphatic rings. The lowest BCUT2D eigenvalue weighted by Crippen LogP contribution is -1.91. The maximum atomic E-state index is 13.7. The van der Waals surface area contributed by atoms with Crippen molar-refractivity contribution in [3.8, 4) is 0 Å². The van der Waals surface area contributed by atoms with Gasteiger partial charge in [-0.3, -0.25) is 4.79 Å². The molecule has 0 atom stereocenters. The molecule has 2 aromatic rings. The van der Waals surface area contributed by atoms with Crippen LogP contribution in [0.3, 0.4) is 0 Å². The number of hydrogen-bond donors (Lipinski definition) is 0. The van der Waals surface area contributed by atoms with Crippen LogP contribution in [0.25, 0.3) is 0 Å². The molecule has 3 heteroatoms. The van der Waals surface area contributed by atoms with Crippen molar-refractivity contribution in [2.45, 2.75) is 24.5 Å². The molecule has 19 heavy (non-hydrogen) atoms. The van der Waals surface area contributed by atoms with E-state index >= 15 is 0 Å². The highest BCUT2D eigenvalue weighted by molar-refractivity contribution is 7.98. The van der Waals surface area contributed by atoms with Crippen molar-refractivity contribution in [3.05, 3.63) is 64.5 Å². The van der Waals surface area contributed by atoms with Crippen molar-refractivity contribution >= 4 is 18.0 Å². The molecular formula is C16H15FOS. The van der Waals surface area contributed by atoms with Gasteiger partial charge in [0.25, 0.3) is 0 Å². The first kappa shape index (κ1) is 13.8. The Morgan fingerprint density at radius 2 is 1.84 bits per heavy atom. The molecule has 0 bridgehead atoms. The van der Waals surface area contributed by atoms with Crippen LogP contribution >= 0.6 is 11.8 Å². The van der Waals surface area contributed by atoms with Crippen molar-refractivity contribution in [3.63, 3.8) is 0 Å². The monoisotopic (exact) mass is 274 g/mol. The van der Waals surface area contributed by atoms with Gasteiger partial charge in [0.15, 0.2) is 6.29 Å². The summed E-state index contributed by atoms with van der Waals surface area (Å²) < 4.78 is 13.7. The Morgan fingerprint density at radius 3 is 2.47 bits per heavy atom. The van der Waals surface area contributed by atoms with Gasteiger partial charge in [-0.2, -0.15) is 0 Å². The Hall–Kier alpha value is -1.61. The molecule has 0 saturated carbocycles. The van der Waals surface area contributed by atoms with E-state index in [2.05, 4.69) is 18.2 Å². The van der Waals surface area contributed by atoms with Crippen molar-refractivity contribution in [2.24, 2.45) is 0 Å². The van der Waals surface area contributed by atoms with E-state index in [1.807, 2.05) is 13.8 Å². The number of benzene rings is 2. The van der Waals surface area contributed by atoms with Gasteiger partial charge >= 0.3 is 0 Å². The van der Waals surface area contributed by atoms with E-state index < -0.39 is 0 Å². The van der Waals surface area contributed by atoms with Gasteiger partial charge in [-0.1, -0.05) is 41.5 Å². The minimum atomic E-state index is -0.334. The molecule has 0 saturated heterocycles. The molecule has 0 radical (unpaired) electrons. The molecule has 0 N–H and O–H groups in total. The van der Waals surface area contributed by atoms with Crippen LogP contribution in [0.4, 0.5) is 4.39 Å². The number of carbonyl (C=O) groups excluding carboxylic acids is 1. The molecule has 0 aliphatic carbocycles. The topological polar surface area (TPSA) is 17.1 Å². The van der Waals surface area contributed by atoms with E-state index in [9.17, 15) is 9.18 Å². The van der Waals surface area contributed by atoms with E-state index in [1.54, 1.807) is 12.1 Å². The maximum absolute atomic E-state index is 13.7. The van der Waals surface area contributed by atoms with Gasteiger partial charge in [-0.05, 0) is 25.5 Å². The maximum Gasteiger partial charge on any atom is 0.151 e. The number of aldehydes is 1. The molecular weight excluding hydrogens is 259 g/mol. The molecule has 0 amide bonds. The van der Waals surface area contributed by atoms with Gasteiger partial charge < -0.3 is 0 Å². The zero-order chi connectivity index (χ0) is 13.8. The number of carbonyl (C=O) groups is 1. The second kappa shape index (κ2) is 6.02. The Morgan fingerprint density at radius 1 is 1.16 bits per heavy atom. The summed E-state index contributed by atoms with van der Waals surface area (Å²) in [5, 5.41) is 0. The van der Waals surface area contributed by atoms with Crippen LogP contribution in [-0.2, 0) is 5.75 Å². The first-order chi connectivity index (χ1) is 9.10. The van der Waals surface area contributed by atoms with Crippen LogP contribution in [0.15, 0.2) is 41.3 Å². The van der Waals surface area contributed by atoms with E-state index in [1.165, 1.54) is 29.0 Å². The summed E-state index contributed by atoms with van der Waals surface area (Å²) in [5.41, 5.74) is 3.94. The summed E-state index contributed by atoms with van der Waals surface area (Å²) in [6.45, 7) is 4.09. The lowest BCUT2D eigenvalue weighted by atomic mass is 10.1. The fraction of sp³-hybridized carbons (Fsp3) is 0.188. The molecule has 0 heterocycles. The molecule has 2 rings (SSSR count). The summed E-state index contributed by atoms with van der Waals surface area (Å²) in [5.74, 6) is 0.323. The van der Waals surface area contributed by atoms with Gasteiger partial charge in [0.2, 0.25) is 0 Å². The summed E-state index contributed by atoms with van der Waals surface area (Å²) in [6, 6.07) is 10.9. The first-order valence-corrected chi connectivity index (χ1v) is 7.02. The molecule has 1 nitrogen and oxygen atoms in total. The normalized spacial score (nSPS) is 10.5. The van der Waals surface area contributed by atoms with Crippen LogP contribution in [0, 0.1) is 19.7 Å². The number of aryl methyl sites for hydroxylation is 2. The zero-order valence-corrected chi connectivity index (χ0v) is 11.8. The fourth-order valence-corrected chi connectivity index (χ4v) is 3.04. The molecule has 0 fully saturated rings. The molecule has 0 unspecified atom stereocenters. The Kier molecular flexibility index (Phi) is 4.38. The van der Waals surface area contributed by atoms with Crippen molar-refractivity contribution in [1.29, 1.82) is 0 Å². The third-order valence-electron chi connectivity index (χ3n) is 2.79. The van der Waals surface area contributed by atoms with E-state index in [0.717, 1.165) is 5.56 Å². The van der Waals surface area contributed by atoms with Crippen LogP contribution in [0.1, 0.15) is 27.0 Å². The van der Waals surface area contributed by atoms with Crippen LogP contribution in [-0.4, -0.2) is 6.29 Å². The molecule has 0 spiro atoms. The highest BCUT2D eigenvalue weighted by Crippen LogP contribution is 2.28. The third kappa shape index (κ3) is 3.44. The Bertz CT molecular complexity index is 587. The molecule has 0 aliphatic heterocycles. The summed E-state index contributed by atoms with van der Waals surface area (Å²) >= 11 is 1.36. The quantitative estimate of drug-likeness (QED) is 0.601. The largest absolute Gasteiger partial charge is 0.298 e. The number of hydrogen-bond acceptors (Lipinski definition) is 2. The van der Waals surface area contributed by atoms with Gasteiger partial charge in [0, 0.05) is 11.3 Å². The van der Waals surface area contributed by atoms with E-state index in [4.69, 9.17) is 0 Å². The summed E-state index contributed by atoms with van der Waals surface area (Å²) in [4.78, 5) is 11.3. The lowest BCUT2D eigenvalue weighted by Gasteiger charge is -2.07. The lowest BCUT2D eigenvalue weighted by molar-refractivity contribution is 0.112. The van der Waals surface area contributed by atoms with E-state index in [0.29, 0.717) is 22.5 Å². The third-order valence-corrected chi connectivity index (χ3v) is 3.99. The summed E-state index contributed by atoms with van der Waals surface area (Å²) in [6.07, 6.45) is 0.701. The SMILES string of the molecule is Cc1cc(C)cc(CSc2c(F)cccc2C=O)c1. The number of rotatable bonds is 4. The average molecular weight is 274 g/mol. The fourth-order valence-electron chi connectivity index (χ4n) is 2.08. The van der Waals surface area contributed by atoms with Gasteiger partial charge in [-0.25, -0.2) is 4.39 Å². The second-order valence-corrected chi connectivity index (χ2v) is 5.55. The second-order valence-electron chi connectivity index (χ2n) is 4.56. The number of thioether (sulfide) groups is 1. The number of halogens is 1. The van der Waals surface area contributed by atoms with Crippen LogP contribution in [0.2, 0.25) is 0 Å². The van der Waals surface area contributed by atoms with E-state index in [-0.39, 0.29) is 5.82 Å². The highest BCUT2D eigenvalue weighted by Gasteiger charge is 2.09. The minimum absolute atomic E-state index is 0.334. The van der Waals surface area contributed by atoms with Crippen molar-refractivity contribution in [1.82, 2.24) is 0 Å². The van der Waals surface area contributed by atoms with Crippen LogP contribution in [0.5, 0.6) is 0 Å².